The molecule has 2 rings (SSSR count). The van der Waals surface area contributed by atoms with Crippen molar-refractivity contribution in [3.8, 4) is 0 Å². The number of nitrogens with zero attached hydrogens (tertiary/aromatic N) is 3. The number of amides is 1. The second-order valence-corrected chi connectivity index (χ2v) is 8.35. The van der Waals surface area contributed by atoms with Gasteiger partial charge in [-0.15, -0.1) is 0 Å². The number of carbonyl (C=O) groups is 2. The van der Waals surface area contributed by atoms with Crippen LogP contribution in [0.2, 0.25) is 0 Å². The highest BCUT2D eigenvalue weighted by atomic mass is 19.1. The number of allylic oxidation sites excluding steroid dienone is 5. The number of nitrogens with one attached hydrogen (secondary N) is 1. The lowest BCUT2D eigenvalue weighted by Crippen LogP contribution is -2.44. The van der Waals surface area contributed by atoms with Crippen LogP contribution in [0.5, 0.6) is 0 Å². The number of carbonyl (C=O) groups excluding carboxylic acids is 2. The van der Waals surface area contributed by atoms with Gasteiger partial charge in [-0.2, -0.15) is 0 Å². The first-order valence-corrected chi connectivity index (χ1v) is 11.0. The van der Waals surface area contributed by atoms with E-state index in [1.54, 1.807) is 45.4 Å². The predicted molar refractivity (Wildman–Crippen MR) is 135 cm³/mol. The average molecular weight is 507 g/mol. The van der Waals surface area contributed by atoms with E-state index >= 15 is 0 Å². The topological polar surface area (TPSA) is 120 Å². The summed E-state index contributed by atoms with van der Waals surface area (Å²) in [7, 11) is 6.86. The second kappa shape index (κ2) is 14.5. The largest absolute Gasteiger partial charge is 0.510 e. The van der Waals surface area contributed by atoms with Crippen LogP contribution in [-0.2, 0) is 16.0 Å². The molecule has 0 aliphatic carbocycles. The summed E-state index contributed by atoms with van der Waals surface area (Å²) in [4.78, 5) is 39.0. The van der Waals surface area contributed by atoms with E-state index < -0.39 is 23.5 Å². The quantitative estimate of drug-likeness (QED) is 0.154. The Kier molecular flexibility index (Phi) is 12.2. The highest BCUT2D eigenvalue weighted by molar-refractivity contribution is 5.93. The summed E-state index contributed by atoms with van der Waals surface area (Å²) in [6.45, 7) is 2.79. The molecule has 0 aliphatic rings. The molecular formula is C25H32F2N4O5. The van der Waals surface area contributed by atoms with Gasteiger partial charge in [0.2, 0.25) is 5.91 Å². The summed E-state index contributed by atoms with van der Waals surface area (Å²) < 4.78 is 25.2. The first-order chi connectivity index (χ1) is 16.9. The number of rotatable bonds is 11. The molecule has 0 saturated carbocycles. The lowest BCUT2D eigenvalue weighted by molar-refractivity contribution is -0.383. The monoisotopic (exact) mass is 506 g/mol. The number of aromatic nitrogens is 1. The third-order valence-electron chi connectivity index (χ3n) is 5.11. The Morgan fingerprint density at radius 1 is 1.31 bits per heavy atom. The molecule has 0 aliphatic heterocycles. The van der Waals surface area contributed by atoms with Crippen LogP contribution < -0.4 is 0 Å². The van der Waals surface area contributed by atoms with Crippen molar-refractivity contribution < 1.29 is 28.4 Å². The Bertz CT molecular complexity index is 1140. The number of nitro groups is 1. The molecule has 0 spiro atoms. The zero-order chi connectivity index (χ0) is 27.4. The molecule has 1 aromatic carbocycles. The van der Waals surface area contributed by atoms with E-state index in [0.29, 0.717) is 29.3 Å². The van der Waals surface area contributed by atoms with Gasteiger partial charge in [0.25, 0.3) is 5.69 Å². The molecule has 2 aromatic rings. The number of aromatic amines is 1. The second-order valence-electron chi connectivity index (χ2n) is 8.35. The fourth-order valence-electron chi connectivity index (χ4n) is 3.25. The highest BCUT2D eigenvalue weighted by Crippen LogP contribution is 2.31. The van der Waals surface area contributed by atoms with Crippen LogP contribution in [0.4, 0.5) is 14.5 Å². The van der Waals surface area contributed by atoms with E-state index in [4.69, 9.17) is 5.11 Å². The van der Waals surface area contributed by atoms with Crippen LogP contribution in [-0.4, -0.2) is 77.9 Å². The number of halogens is 2. The molecule has 1 atom stereocenters. The van der Waals surface area contributed by atoms with Gasteiger partial charge in [-0.25, -0.2) is 8.78 Å². The Hall–Kier alpha value is -3.86. The first-order valence-electron chi connectivity index (χ1n) is 11.0. The number of benzene rings is 1. The molecule has 11 heteroatoms. The molecule has 196 valence electrons. The summed E-state index contributed by atoms with van der Waals surface area (Å²) in [6, 6.07) is 1.65. The van der Waals surface area contributed by atoms with Crippen molar-refractivity contribution in [2.75, 3.05) is 34.9 Å². The van der Waals surface area contributed by atoms with Gasteiger partial charge >= 0.3 is 0 Å². The maximum atomic E-state index is 13.5. The number of fused-ring (bicyclic) bond motifs is 1. The van der Waals surface area contributed by atoms with E-state index in [2.05, 4.69) is 11.6 Å². The zero-order valence-corrected chi connectivity index (χ0v) is 20.8. The number of H-pyrrole nitrogens is 1. The van der Waals surface area contributed by atoms with E-state index in [-0.39, 0.29) is 23.8 Å². The smallest absolute Gasteiger partial charge is 0.281 e. The zero-order valence-electron chi connectivity index (χ0n) is 20.8. The van der Waals surface area contributed by atoms with Crippen molar-refractivity contribution in [2.24, 2.45) is 0 Å². The Balaban J connectivity index is 0.000000426. The molecule has 0 fully saturated rings. The number of hydrogen-bond donors (Lipinski definition) is 2. The average Bonchev–Trinajstić information content (AvgIpc) is 3.22. The molecule has 1 aromatic heterocycles. The van der Waals surface area contributed by atoms with Gasteiger partial charge in [0.15, 0.2) is 0 Å². The van der Waals surface area contributed by atoms with Crippen molar-refractivity contribution in [1.29, 1.82) is 0 Å². The number of likely N-dealkylation sites (N-methyl/N-ethyl adjacent to an activating group) is 2. The Morgan fingerprint density at radius 2 is 1.97 bits per heavy atom. The van der Waals surface area contributed by atoms with Crippen molar-refractivity contribution in [3.05, 3.63) is 76.0 Å². The van der Waals surface area contributed by atoms with Gasteiger partial charge in [0.05, 0.1) is 27.9 Å². The molecule has 36 heavy (non-hydrogen) atoms. The number of nitro benzene ring substituents is 1. The number of alkyl halides is 1. The van der Waals surface area contributed by atoms with E-state index in [9.17, 15) is 28.5 Å². The molecular weight excluding hydrogens is 474 g/mol. The number of non-ortho nitro benzene ring substituents is 1. The van der Waals surface area contributed by atoms with Crippen LogP contribution >= 0.6 is 0 Å². The predicted octanol–water partition coefficient (Wildman–Crippen LogP) is 4.27. The van der Waals surface area contributed by atoms with Crippen molar-refractivity contribution in [3.63, 3.8) is 0 Å². The van der Waals surface area contributed by atoms with Crippen LogP contribution in [0.1, 0.15) is 18.4 Å². The van der Waals surface area contributed by atoms with Crippen molar-refractivity contribution in [2.45, 2.75) is 25.3 Å². The third-order valence-corrected chi connectivity index (χ3v) is 5.11. The minimum atomic E-state index is -0.870. The van der Waals surface area contributed by atoms with Gasteiger partial charge in [0.1, 0.15) is 24.5 Å². The molecule has 0 bridgehead atoms. The van der Waals surface area contributed by atoms with Crippen LogP contribution in [0.3, 0.4) is 0 Å². The van der Waals surface area contributed by atoms with Gasteiger partial charge in [-0.1, -0.05) is 24.3 Å². The fraction of sp³-hybridized carbons (Fsp3) is 0.360. The fourth-order valence-corrected chi connectivity index (χ4v) is 3.25. The summed E-state index contributed by atoms with van der Waals surface area (Å²) in [5.41, 5.74) is 1.43. The lowest BCUT2D eigenvalue weighted by atomic mass is 10.0. The Labute approximate surface area is 208 Å². The van der Waals surface area contributed by atoms with Gasteiger partial charge < -0.3 is 19.8 Å². The number of aliphatic hydroxyl groups excluding tert-OH is 1. The molecule has 1 unspecified atom stereocenters. The summed E-state index contributed by atoms with van der Waals surface area (Å²) in [5.74, 6) is -1.10. The van der Waals surface area contributed by atoms with Crippen LogP contribution in [0.15, 0.2) is 54.5 Å². The molecule has 0 radical (unpaired) electrons. The first kappa shape index (κ1) is 30.2. The van der Waals surface area contributed by atoms with Gasteiger partial charge in [-0.3, -0.25) is 19.8 Å². The van der Waals surface area contributed by atoms with Crippen molar-refractivity contribution in [1.82, 2.24) is 14.8 Å². The highest BCUT2D eigenvalue weighted by Gasteiger charge is 2.26. The van der Waals surface area contributed by atoms with Gasteiger partial charge in [-0.05, 0) is 44.6 Å². The number of hydrogen-bond acceptors (Lipinski definition) is 6. The van der Waals surface area contributed by atoms with E-state index in [1.807, 2.05) is 0 Å². The molecule has 1 heterocycles. The standard InChI is InChI=1S/C15H19FN4O3.C10H13FO2/c1-18(2)13(15(21)19(3)4)5-9-8-17-11-6-10(16)7-12(14(9)11)20(22)23;1-9(5-3-7-12)4-2-6-10(13)8-11/h6-8,13,17H,5H2,1-4H3;2,4,6-7,13H,1,3,5,8H2/b;4-2-,10-6+. The van der Waals surface area contributed by atoms with E-state index in [1.165, 1.54) is 23.1 Å². The maximum absolute atomic E-state index is 13.5. The normalized spacial score (nSPS) is 12.4. The Morgan fingerprint density at radius 3 is 2.50 bits per heavy atom. The molecule has 2 N–H and O–H groups in total. The van der Waals surface area contributed by atoms with Crippen molar-refractivity contribution >= 4 is 28.8 Å². The van der Waals surface area contributed by atoms with Crippen LogP contribution in [0, 0.1) is 15.9 Å². The summed E-state index contributed by atoms with van der Waals surface area (Å²) in [6.07, 6.45) is 8.11. The minimum Gasteiger partial charge on any atom is -0.510 e. The molecule has 9 nitrogen and oxygen atoms in total. The SMILES string of the molecule is C=C(/C=C\C=C(\O)CF)CCC=O.CN(C)C(=O)C(Cc1c[nH]c2cc(F)cc([N+](=O)[O-])c12)N(C)C. The minimum absolute atomic E-state index is 0.103. The summed E-state index contributed by atoms with van der Waals surface area (Å²) in [5, 5.41) is 20.3. The van der Waals surface area contributed by atoms with E-state index in [0.717, 1.165) is 17.9 Å². The summed E-state index contributed by atoms with van der Waals surface area (Å²) >= 11 is 0. The maximum Gasteiger partial charge on any atom is 0.281 e. The number of aliphatic hydroxyl groups is 1. The van der Waals surface area contributed by atoms with Crippen LogP contribution in [0.25, 0.3) is 10.9 Å². The lowest BCUT2D eigenvalue weighted by Gasteiger charge is -2.26. The van der Waals surface area contributed by atoms with Gasteiger partial charge in [0, 0.05) is 26.7 Å². The number of aldehydes is 1. The third kappa shape index (κ3) is 9.06. The molecule has 0 saturated heterocycles. The molecule has 1 amide bonds.